The SMILES string of the molecule is CCCSc1nnc(NC(=O)CSCc2ccc(Cl)cc2Cl)s1. The Morgan fingerprint density at radius 1 is 1.35 bits per heavy atom. The van der Waals surface area contributed by atoms with Crippen molar-refractivity contribution >= 4 is 69.1 Å². The van der Waals surface area contributed by atoms with Crippen LogP contribution >= 0.6 is 58.1 Å². The average Bonchev–Trinajstić information content (AvgIpc) is 2.94. The van der Waals surface area contributed by atoms with Gasteiger partial charge in [0.15, 0.2) is 4.34 Å². The quantitative estimate of drug-likeness (QED) is 0.480. The summed E-state index contributed by atoms with van der Waals surface area (Å²) in [5.74, 6) is 1.89. The summed E-state index contributed by atoms with van der Waals surface area (Å²) in [6.07, 6.45) is 1.08. The molecule has 2 rings (SSSR count). The molecule has 0 aliphatic rings. The van der Waals surface area contributed by atoms with Crippen LogP contribution in [0.25, 0.3) is 0 Å². The van der Waals surface area contributed by atoms with E-state index in [1.807, 2.05) is 6.07 Å². The number of amides is 1. The number of carbonyl (C=O) groups is 1. The molecule has 0 saturated carbocycles. The molecule has 1 heterocycles. The molecular weight excluding hydrogens is 393 g/mol. The Balaban J connectivity index is 1.75. The van der Waals surface area contributed by atoms with Crippen molar-refractivity contribution < 1.29 is 4.79 Å². The Labute approximate surface area is 157 Å². The number of aromatic nitrogens is 2. The molecule has 4 nitrogen and oxygen atoms in total. The maximum Gasteiger partial charge on any atom is 0.236 e. The number of anilines is 1. The van der Waals surface area contributed by atoms with Crippen LogP contribution in [0.5, 0.6) is 0 Å². The highest BCUT2D eigenvalue weighted by Crippen LogP contribution is 2.27. The van der Waals surface area contributed by atoms with Crippen LogP contribution < -0.4 is 5.32 Å². The van der Waals surface area contributed by atoms with Crippen molar-refractivity contribution in [2.24, 2.45) is 0 Å². The van der Waals surface area contributed by atoms with E-state index in [4.69, 9.17) is 23.2 Å². The van der Waals surface area contributed by atoms with Gasteiger partial charge < -0.3 is 0 Å². The Hall–Kier alpha value is -0.470. The molecule has 0 spiro atoms. The molecule has 1 aromatic carbocycles. The lowest BCUT2D eigenvalue weighted by Crippen LogP contribution is -2.14. The Morgan fingerprint density at radius 3 is 2.91 bits per heavy atom. The minimum Gasteiger partial charge on any atom is -0.300 e. The van der Waals surface area contributed by atoms with E-state index in [1.165, 1.54) is 23.1 Å². The van der Waals surface area contributed by atoms with E-state index in [1.54, 1.807) is 23.9 Å². The molecule has 23 heavy (non-hydrogen) atoms. The lowest BCUT2D eigenvalue weighted by atomic mass is 10.2. The van der Waals surface area contributed by atoms with Crippen molar-refractivity contribution in [1.29, 1.82) is 0 Å². The van der Waals surface area contributed by atoms with Gasteiger partial charge in [0, 0.05) is 21.6 Å². The molecule has 0 aliphatic heterocycles. The van der Waals surface area contributed by atoms with Crippen LogP contribution in [-0.2, 0) is 10.5 Å². The molecular formula is C14H15Cl2N3OS3. The second kappa shape index (κ2) is 9.74. The first-order chi connectivity index (χ1) is 11.1. The summed E-state index contributed by atoms with van der Waals surface area (Å²) in [6, 6.07) is 5.37. The lowest BCUT2D eigenvalue weighted by molar-refractivity contribution is -0.113. The molecule has 9 heteroatoms. The van der Waals surface area contributed by atoms with Crippen molar-refractivity contribution in [3.63, 3.8) is 0 Å². The summed E-state index contributed by atoms with van der Waals surface area (Å²) in [6.45, 7) is 2.11. The first-order valence-corrected chi connectivity index (χ1v) is 10.6. The van der Waals surface area contributed by atoms with Crippen LogP contribution in [0.1, 0.15) is 18.9 Å². The van der Waals surface area contributed by atoms with E-state index in [0.29, 0.717) is 26.7 Å². The second-order valence-electron chi connectivity index (χ2n) is 4.50. The largest absolute Gasteiger partial charge is 0.300 e. The molecule has 1 N–H and O–H groups in total. The fourth-order valence-electron chi connectivity index (χ4n) is 1.56. The predicted molar refractivity (Wildman–Crippen MR) is 102 cm³/mol. The number of halogens is 2. The summed E-state index contributed by atoms with van der Waals surface area (Å²) in [5, 5.41) is 12.5. The fraction of sp³-hybridized carbons (Fsp3) is 0.357. The van der Waals surface area contributed by atoms with Gasteiger partial charge in [-0.05, 0) is 24.1 Å². The van der Waals surface area contributed by atoms with Crippen molar-refractivity contribution in [3.8, 4) is 0 Å². The van der Waals surface area contributed by atoms with Gasteiger partial charge in [0.2, 0.25) is 11.0 Å². The number of carbonyl (C=O) groups excluding carboxylic acids is 1. The fourth-order valence-corrected chi connectivity index (χ4v) is 4.63. The molecule has 124 valence electrons. The summed E-state index contributed by atoms with van der Waals surface area (Å²) in [5.41, 5.74) is 0.961. The molecule has 0 atom stereocenters. The van der Waals surface area contributed by atoms with Crippen LogP contribution in [-0.4, -0.2) is 27.6 Å². The number of rotatable bonds is 8. The second-order valence-corrected chi connectivity index (χ2v) is 8.65. The van der Waals surface area contributed by atoms with E-state index < -0.39 is 0 Å². The van der Waals surface area contributed by atoms with Gasteiger partial charge in [-0.3, -0.25) is 10.1 Å². The average molecular weight is 408 g/mol. The Bertz CT molecular complexity index is 666. The molecule has 0 fully saturated rings. The number of hydrogen-bond donors (Lipinski definition) is 1. The predicted octanol–water partition coefficient (Wildman–Crippen LogP) is 5.22. The molecule has 0 saturated heterocycles. The third-order valence-corrected chi connectivity index (χ3v) is 6.33. The maximum atomic E-state index is 11.9. The van der Waals surface area contributed by atoms with Gasteiger partial charge in [-0.2, -0.15) is 0 Å². The van der Waals surface area contributed by atoms with E-state index in [0.717, 1.165) is 22.1 Å². The molecule has 1 aromatic heterocycles. The van der Waals surface area contributed by atoms with Gasteiger partial charge in [-0.25, -0.2) is 0 Å². The molecule has 1 amide bonds. The Kier molecular flexibility index (Phi) is 7.98. The minimum absolute atomic E-state index is 0.0942. The first kappa shape index (κ1) is 18.9. The number of nitrogens with zero attached hydrogens (tertiary/aromatic N) is 2. The topological polar surface area (TPSA) is 54.9 Å². The highest BCUT2D eigenvalue weighted by atomic mass is 35.5. The number of benzene rings is 1. The normalized spacial score (nSPS) is 10.7. The zero-order valence-corrected chi connectivity index (χ0v) is 16.3. The third kappa shape index (κ3) is 6.51. The van der Waals surface area contributed by atoms with Crippen LogP contribution in [0, 0.1) is 0 Å². The van der Waals surface area contributed by atoms with E-state index in [9.17, 15) is 4.79 Å². The van der Waals surface area contributed by atoms with Gasteiger partial charge in [0.05, 0.1) is 5.75 Å². The first-order valence-electron chi connectivity index (χ1n) is 6.86. The number of thioether (sulfide) groups is 2. The molecule has 0 bridgehead atoms. The number of hydrogen-bond acceptors (Lipinski definition) is 6. The van der Waals surface area contributed by atoms with Gasteiger partial charge in [-0.15, -0.1) is 22.0 Å². The summed E-state index contributed by atoms with van der Waals surface area (Å²) in [7, 11) is 0. The van der Waals surface area contributed by atoms with Gasteiger partial charge in [-0.1, -0.05) is 59.3 Å². The van der Waals surface area contributed by atoms with Gasteiger partial charge in [0.25, 0.3) is 0 Å². The highest BCUT2D eigenvalue weighted by Gasteiger charge is 2.09. The van der Waals surface area contributed by atoms with Crippen molar-refractivity contribution in [1.82, 2.24) is 10.2 Å². The van der Waals surface area contributed by atoms with E-state index in [-0.39, 0.29) is 5.91 Å². The van der Waals surface area contributed by atoms with Crippen LogP contribution in [0.2, 0.25) is 10.0 Å². The van der Waals surface area contributed by atoms with E-state index >= 15 is 0 Å². The van der Waals surface area contributed by atoms with Crippen molar-refractivity contribution in [3.05, 3.63) is 33.8 Å². The number of nitrogens with one attached hydrogen (secondary N) is 1. The minimum atomic E-state index is -0.0942. The summed E-state index contributed by atoms with van der Waals surface area (Å²) < 4.78 is 0.878. The smallest absolute Gasteiger partial charge is 0.236 e. The monoisotopic (exact) mass is 407 g/mol. The van der Waals surface area contributed by atoms with Crippen LogP contribution in [0.15, 0.2) is 22.5 Å². The summed E-state index contributed by atoms with van der Waals surface area (Å²) >= 11 is 16.5. The standard InChI is InChI=1S/C14H15Cl2N3OS3/c1-2-5-22-14-19-18-13(23-14)17-12(20)8-21-7-9-3-4-10(15)6-11(9)16/h3-4,6H,2,5,7-8H2,1H3,(H,17,18,20). The molecule has 0 radical (unpaired) electrons. The van der Waals surface area contributed by atoms with Crippen LogP contribution in [0.4, 0.5) is 5.13 Å². The highest BCUT2D eigenvalue weighted by molar-refractivity contribution is 8.01. The van der Waals surface area contributed by atoms with Crippen molar-refractivity contribution in [2.45, 2.75) is 23.4 Å². The van der Waals surface area contributed by atoms with Gasteiger partial charge in [0.1, 0.15) is 0 Å². The Morgan fingerprint density at radius 2 is 2.17 bits per heavy atom. The molecule has 2 aromatic rings. The van der Waals surface area contributed by atoms with E-state index in [2.05, 4.69) is 22.4 Å². The lowest BCUT2D eigenvalue weighted by Gasteiger charge is -2.04. The summed E-state index contributed by atoms with van der Waals surface area (Å²) in [4.78, 5) is 11.9. The zero-order valence-electron chi connectivity index (χ0n) is 12.3. The van der Waals surface area contributed by atoms with Crippen molar-refractivity contribution in [2.75, 3.05) is 16.8 Å². The molecule has 0 aliphatic carbocycles. The zero-order chi connectivity index (χ0) is 16.7. The maximum absolute atomic E-state index is 11.9. The molecule has 0 unspecified atom stereocenters. The van der Waals surface area contributed by atoms with Gasteiger partial charge >= 0.3 is 0 Å². The van der Waals surface area contributed by atoms with Crippen LogP contribution in [0.3, 0.4) is 0 Å². The third-order valence-electron chi connectivity index (χ3n) is 2.59.